The van der Waals surface area contributed by atoms with Crippen LogP contribution in [-0.2, 0) is 11.2 Å². The van der Waals surface area contributed by atoms with E-state index >= 15 is 0 Å². The number of benzene rings is 3. The summed E-state index contributed by atoms with van der Waals surface area (Å²) in [6.45, 7) is 4.85. The molecule has 1 aliphatic heterocycles. The van der Waals surface area contributed by atoms with Crippen molar-refractivity contribution in [3.63, 3.8) is 0 Å². The summed E-state index contributed by atoms with van der Waals surface area (Å²) in [7, 11) is 1.58. The van der Waals surface area contributed by atoms with Crippen molar-refractivity contribution in [2.24, 2.45) is 11.7 Å². The summed E-state index contributed by atoms with van der Waals surface area (Å²) in [6, 6.07) is 19.8. The van der Waals surface area contributed by atoms with Gasteiger partial charge in [-0.1, -0.05) is 49.7 Å². The maximum atomic E-state index is 12.5. The highest BCUT2D eigenvalue weighted by atomic mass is 35.5. The van der Waals surface area contributed by atoms with Gasteiger partial charge in [-0.05, 0) is 53.8 Å². The lowest BCUT2D eigenvalue weighted by Crippen LogP contribution is -2.21. The number of ether oxygens (including phenoxy) is 4. The molecular weight excluding hydrogens is 504 g/mol. The van der Waals surface area contributed by atoms with Crippen LogP contribution >= 0.6 is 11.6 Å². The van der Waals surface area contributed by atoms with Crippen molar-refractivity contribution >= 4 is 17.6 Å². The molecule has 0 radical (unpaired) electrons. The molecule has 4 rings (SSSR count). The molecule has 0 bridgehead atoms. The number of nitrogens with two attached hydrogens (primary N) is 1. The molecule has 1 aliphatic rings. The van der Waals surface area contributed by atoms with Crippen LogP contribution in [0.5, 0.6) is 23.0 Å². The van der Waals surface area contributed by atoms with Gasteiger partial charge in [0.25, 0.3) is 0 Å². The zero-order chi connectivity index (χ0) is 27.2. The van der Waals surface area contributed by atoms with Crippen LogP contribution in [0.15, 0.2) is 72.1 Å². The Hall–Kier alpha value is -4.15. The second-order valence-corrected chi connectivity index (χ2v) is 9.78. The number of carbonyl (C=O) groups is 1. The van der Waals surface area contributed by atoms with Gasteiger partial charge >= 0.3 is 5.97 Å². The second-order valence-electron chi connectivity index (χ2n) is 9.34. The van der Waals surface area contributed by atoms with Crippen molar-refractivity contribution in [2.75, 3.05) is 13.7 Å². The molecule has 0 saturated carbocycles. The van der Waals surface area contributed by atoms with E-state index in [1.165, 1.54) is 0 Å². The van der Waals surface area contributed by atoms with Gasteiger partial charge in [0.15, 0.2) is 11.5 Å². The first kappa shape index (κ1) is 26.9. The van der Waals surface area contributed by atoms with Gasteiger partial charge in [-0.2, -0.15) is 5.26 Å². The Morgan fingerprint density at radius 1 is 1.11 bits per heavy atom. The number of carbonyl (C=O) groups excluding carboxylic acids is 1. The molecule has 1 heterocycles. The SMILES string of the molecule is COc1cc(C2C(C#N)=C(N)Oc3cc(OC(=O)Cc4ccc(Cl)cc4)ccc32)ccc1OCCC(C)C. The summed E-state index contributed by atoms with van der Waals surface area (Å²) in [5.74, 6) is 1.48. The molecule has 1 atom stereocenters. The van der Waals surface area contributed by atoms with Crippen molar-refractivity contribution in [1.29, 1.82) is 5.26 Å². The number of fused-ring (bicyclic) bond motifs is 1. The summed E-state index contributed by atoms with van der Waals surface area (Å²) in [4.78, 5) is 12.5. The number of esters is 1. The minimum atomic E-state index is -0.499. The van der Waals surface area contributed by atoms with E-state index in [1.54, 1.807) is 49.6 Å². The van der Waals surface area contributed by atoms with Crippen LogP contribution < -0.4 is 24.7 Å². The Morgan fingerprint density at radius 2 is 1.87 bits per heavy atom. The standard InChI is InChI=1S/C30H29ClN2O5/c1-18(2)12-13-36-25-11-6-20(15-27(25)35-3)29-23-10-9-22(16-26(23)38-30(33)24(29)17-32)37-28(34)14-19-4-7-21(31)8-5-19/h4-11,15-16,18,29H,12-14,33H2,1-3H3. The molecule has 3 aromatic rings. The molecule has 2 N–H and O–H groups in total. The summed E-state index contributed by atoms with van der Waals surface area (Å²) in [5.41, 5.74) is 8.71. The molecule has 38 heavy (non-hydrogen) atoms. The van der Waals surface area contributed by atoms with Crippen molar-refractivity contribution in [3.05, 3.63) is 93.8 Å². The van der Waals surface area contributed by atoms with Gasteiger partial charge in [0, 0.05) is 16.7 Å². The van der Waals surface area contributed by atoms with Crippen LogP contribution in [0.2, 0.25) is 5.02 Å². The lowest BCUT2D eigenvalue weighted by molar-refractivity contribution is -0.133. The van der Waals surface area contributed by atoms with E-state index in [4.69, 9.17) is 36.3 Å². The molecule has 196 valence electrons. The van der Waals surface area contributed by atoms with Crippen molar-refractivity contribution in [3.8, 4) is 29.1 Å². The van der Waals surface area contributed by atoms with Gasteiger partial charge in [0.2, 0.25) is 5.88 Å². The zero-order valence-electron chi connectivity index (χ0n) is 21.5. The van der Waals surface area contributed by atoms with Crippen molar-refractivity contribution in [2.45, 2.75) is 32.6 Å². The fourth-order valence-electron chi connectivity index (χ4n) is 4.17. The highest BCUT2D eigenvalue weighted by Crippen LogP contribution is 2.45. The molecule has 1 unspecified atom stereocenters. The molecule has 0 aromatic heterocycles. The number of allylic oxidation sites excluding steroid dienone is 1. The molecule has 3 aromatic carbocycles. The van der Waals surface area contributed by atoms with Crippen LogP contribution in [0.3, 0.4) is 0 Å². The van der Waals surface area contributed by atoms with Gasteiger partial charge in [-0.15, -0.1) is 0 Å². The summed E-state index contributed by atoms with van der Waals surface area (Å²) in [6.07, 6.45) is 1.01. The smallest absolute Gasteiger partial charge is 0.315 e. The third-order valence-electron chi connectivity index (χ3n) is 6.16. The highest BCUT2D eigenvalue weighted by molar-refractivity contribution is 6.30. The Morgan fingerprint density at radius 3 is 2.55 bits per heavy atom. The van der Waals surface area contributed by atoms with E-state index in [-0.39, 0.29) is 17.9 Å². The van der Waals surface area contributed by atoms with Gasteiger partial charge in [-0.25, -0.2) is 0 Å². The zero-order valence-corrected chi connectivity index (χ0v) is 22.2. The number of nitriles is 1. The molecule has 0 spiro atoms. The molecule has 0 amide bonds. The lowest BCUT2D eigenvalue weighted by atomic mass is 9.83. The molecule has 0 fully saturated rings. The lowest BCUT2D eigenvalue weighted by Gasteiger charge is -2.27. The predicted octanol–water partition coefficient (Wildman–Crippen LogP) is 6.14. The molecule has 8 heteroatoms. The van der Waals surface area contributed by atoms with Crippen LogP contribution in [0.1, 0.15) is 42.9 Å². The number of nitrogens with zero attached hydrogens (tertiary/aromatic N) is 1. The van der Waals surface area contributed by atoms with Crippen molar-refractivity contribution < 1.29 is 23.7 Å². The Labute approximate surface area is 227 Å². The van der Waals surface area contributed by atoms with Gasteiger partial charge in [0.05, 0.1) is 26.1 Å². The molecule has 0 aliphatic carbocycles. The quantitative estimate of drug-likeness (QED) is 0.261. The topological polar surface area (TPSA) is 104 Å². The first-order valence-electron chi connectivity index (χ1n) is 12.3. The highest BCUT2D eigenvalue weighted by Gasteiger charge is 2.31. The summed E-state index contributed by atoms with van der Waals surface area (Å²) < 4.78 is 22.8. The maximum absolute atomic E-state index is 12.5. The molecule has 0 saturated heterocycles. The number of hydrogen-bond donors (Lipinski definition) is 1. The minimum Gasteiger partial charge on any atom is -0.493 e. The average molecular weight is 533 g/mol. The van der Waals surface area contributed by atoms with E-state index in [0.29, 0.717) is 46.1 Å². The second kappa shape index (κ2) is 11.9. The average Bonchev–Trinajstić information content (AvgIpc) is 2.89. The minimum absolute atomic E-state index is 0.00846. The maximum Gasteiger partial charge on any atom is 0.315 e. The van der Waals surface area contributed by atoms with E-state index in [1.807, 2.05) is 18.2 Å². The van der Waals surface area contributed by atoms with E-state index < -0.39 is 11.9 Å². The van der Waals surface area contributed by atoms with Crippen molar-refractivity contribution in [1.82, 2.24) is 0 Å². The number of methoxy groups -OCH3 is 1. The van der Waals surface area contributed by atoms with E-state index in [9.17, 15) is 10.1 Å². The molecular formula is C30H29ClN2O5. The first-order chi connectivity index (χ1) is 18.3. The Kier molecular flexibility index (Phi) is 8.45. The summed E-state index contributed by atoms with van der Waals surface area (Å²) in [5, 5.41) is 10.5. The van der Waals surface area contributed by atoms with Gasteiger partial charge in [0.1, 0.15) is 23.1 Å². The molecule has 7 nitrogen and oxygen atoms in total. The van der Waals surface area contributed by atoms with Crippen LogP contribution in [0.4, 0.5) is 0 Å². The summed E-state index contributed by atoms with van der Waals surface area (Å²) >= 11 is 5.91. The van der Waals surface area contributed by atoms with Crippen LogP contribution in [0, 0.1) is 17.2 Å². The largest absolute Gasteiger partial charge is 0.493 e. The van der Waals surface area contributed by atoms with Crippen LogP contribution in [0.25, 0.3) is 0 Å². The number of hydrogen-bond acceptors (Lipinski definition) is 7. The Bertz CT molecular complexity index is 1390. The number of rotatable bonds is 9. The van der Waals surface area contributed by atoms with Gasteiger partial charge < -0.3 is 24.7 Å². The monoisotopic (exact) mass is 532 g/mol. The third-order valence-corrected chi connectivity index (χ3v) is 6.41. The normalized spacial score (nSPS) is 14.4. The Balaban J connectivity index is 1.59. The fourth-order valence-corrected chi connectivity index (χ4v) is 4.29. The predicted molar refractivity (Wildman–Crippen MR) is 144 cm³/mol. The fraction of sp³-hybridized carbons (Fsp3) is 0.267. The van der Waals surface area contributed by atoms with E-state index in [0.717, 1.165) is 17.5 Å². The van der Waals surface area contributed by atoms with Gasteiger partial charge in [-0.3, -0.25) is 4.79 Å². The third kappa shape index (κ3) is 6.21. The van der Waals surface area contributed by atoms with Crippen LogP contribution in [-0.4, -0.2) is 19.7 Å². The first-order valence-corrected chi connectivity index (χ1v) is 12.6. The number of halogens is 1. The van der Waals surface area contributed by atoms with E-state index in [2.05, 4.69) is 19.9 Å².